The number of carbonyl (C=O) groups is 1. The number of carboxylic acids is 1. The van der Waals surface area contributed by atoms with Gasteiger partial charge in [0.2, 0.25) is 0 Å². The molecule has 0 atom stereocenters. The van der Waals surface area contributed by atoms with Gasteiger partial charge in [0, 0.05) is 12.6 Å². The molecule has 0 spiro atoms. The molecule has 1 N–H and O–H groups in total. The molecule has 0 saturated heterocycles. The summed E-state index contributed by atoms with van der Waals surface area (Å²) in [6.07, 6.45) is 11.2. The number of hydrogen-bond acceptors (Lipinski definition) is 2. The van der Waals surface area contributed by atoms with Gasteiger partial charge in [-0.2, -0.15) is 0 Å². The molecule has 0 amide bonds. The Kier molecular flexibility index (Phi) is 4.84. The van der Waals surface area contributed by atoms with Gasteiger partial charge in [-0.3, -0.25) is 9.69 Å². The molecule has 0 bridgehead atoms. The van der Waals surface area contributed by atoms with Crippen LogP contribution in [0.5, 0.6) is 0 Å². The zero-order valence-corrected chi connectivity index (χ0v) is 10.7. The van der Waals surface area contributed by atoms with E-state index in [4.69, 9.17) is 5.11 Å². The van der Waals surface area contributed by atoms with E-state index in [0.717, 1.165) is 19.0 Å². The third-order valence-electron chi connectivity index (χ3n) is 4.23. The van der Waals surface area contributed by atoms with E-state index >= 15 is 0 Å². The van der Waals surface area contributed by atoms with Crippen LogP contribution in [0.1, 0.15) is 57.8 Å². The van der Waals surface area contributed by atoms with Gasteiger partial charge < -0.3 is 5.11 Å². The van der Waals surface area contributed by atoms with Gasteiger partial charge in [-0.1, -0.05) is 32.1 Å². The van der Waals surface area contributed by atoms with Gasteiger partial charge in [0.25, 0.3) is 0 Å². The van der Waals surface area contributed by atoms with Crippen molar-refractivity contribution in [3.8, 4) is 0 Å². The second-order valence-electron chi connectivity index (χ2n) is 5.70. The third kappa shape index (κ3) is 4.66. The lowest BCUT2D eigenvalue weighted by Crippen LogP contribution is -2.31. The fourth-order valence-electron chi connectivity index (χ4n) is 2.98. The van der Waals surface area contributed by atoms with Gasteiger partial charge in [0.05, 0.1) is 6.42 Å². The molecule has 2 fully saturated rings. The molecule has 2 aliphatic carbocycles. The Morgan fingerprint density at radius 2 is 1.76 bits per heavy atom. The van der Waals surface area contributed by atoms with Crippen LogP contribution in [0.25, 0.3) is 0 Å². The van der Waals surface area contributed by atoms with Crippen molar-refractivity contribution in [1.29, 1.82) is 0 Å². The van der Waals surface area contributed by atoms with Crippen molar-refractivity contribution in [2.24, 2.45) is 5.92 Å². The number of rotatable bonds is 7. The highest BCUT2D eigenvalue weighted by molar-refractivity contribution is 5.66. The molecule has 2 saturated carbocycles. The molecule has 3 heteroatoms. The second kappa shape index (κ2) is 6.39. The molecule has 0 aromatic heterocycles. The van der Waals surface area contributed by atoms with E-state index in [-0.39, 0.29) is 0 Å². The Bertz CT molecular complexity index is 245. The van der Waals surface area contributed by atoms with Crippen molar-refractivity contribution in [3.63, 3.8) is 0 Å². The standard InChI is InChI=1S/C14H25NO2/c16-14(17)9-11-15(13-6-7-13)10-8-12-4-2-1-3-5-12/h12-13H,1-11H2,(H,16,17). The smallest absolute Gasteiger partial charge is 0.304 e. The molecule has 2 rings (SSSR count). The molecule has 0 aromatic rings. The first-order chi connectivity index (χ1) is 8.25. The summed E-state index contributed by atoms with van der Waals surface area (Å²) in [5.74, 6) is 0.253. The number of carboxylic acid groups (broad SMARTS) is 1. The molecule has 2 aliphatic rings. The zero-order chi connectivity index (χ0) is 12.1. The topological polar surface area (TPSA) is 40.5 Å². The fraction of sp³-hybridized carbons (Fsp3) is 0.929. The van der Waals surface area contributed by atoms with E-state index in [9.17, 15) is 4.79 Å². The van der Waals surface area contributed by atoms with Crippen molar-refractivity contribution < 1.29 is 9.90 Å². The maximum atomic E-state index is 10.6. The first-order valence-corrected chi connectivity index (χ1v) is 7.21. The van der Waals surface area contributed by atoms with Crippen molar-refractivity contribution in [1.82, 2.24) is 4.90 Å². The summed E-state index contributed by atoms with van der Waals surface area (Å²) in [5, 5.41) is 8.75. The number of hydrogen-bond donors (Lipinski definition) is 1. The zero-order valence-electron chi connectivity index (χ0n) is 10.7. The minimum absolute atomic E-state index is 0.307. The lowest BCUT2D eigenvalue weighted by Gasteiger charge is -2.26. The Balaban J connectivity index is 1.67. The Morgan fingerprint density at radius 3 is 2.35 bits per heavy atom. The van der Waals surface area contributed by atoms with E-state index in [2.05, 4.69) is 4.90 Å². The molecular formula is C14H25NO2. The van der Waals surface area contributed by atoms with E-state index < -0.39 is 5.97 Å². The molecule has 0 aliphatic heterocycles. The molecule has 0 aromatic carbocycles. The first-order valence-electron chi connectivity index (χ1n) is 7.21. The van der Waals surface area contributed by atoms with Crippen LogP contribution < -0.4 is 0 Å². The largest absolute Gasteiger partial charge is 0.481 e. The molecule has 98 valence electrons. The maximum absolute atomic E-state index is 10.6. The summed E-state index contributed by atoms with van der Waals surface area (Å²) in [6.45, 7) is 1.88. The maximum Gasteiger partial charge on any atom is 0.304 e. The highest BCUT2D eigenvalue weighted by Crippen LogP contribution is 2.30. The summed E-state index contributed by atoms with van der Waals surface area (Å²) in [4.78, 5) is 13.0. The lowest BCUT2D eigenvalue weighted by molar-refractivity contribution is -0.137. The fourth-order valence-corrected chi connectivity index (χ4v) is 2.98. The SMILES string of the molecule is O=C(O)CCN(CCC1CCCCC1)C1CC1. The van der Waals surface area contributed by atoms with E-state index in [0.29, 0.717) is 12.5 Å². The lowest BCUT2D eigenvalue weighted by atomic mass is 9.87. The average molecular weight is 239 g/mol. The number of nitrogens with zero attached hydrogens (tertiary/aromatic N) is 1. The van der Waals surface area contributed by atoms with Crippen molar-refractivity contribution in [3.05, 3.63) is 0 Å². The van der Waals surface area contributed by atoms with Gasteiger partial charge >= 0.3 is 5.97 Å². The van der Waals surface area contributed by atoms with E-state index in [1.807, 2.05) is 0 Å². The van der Waals surface area contributed by atoms with Crippen LogP contribution in [0.3, 0.4) is 0 Å². The summed E-state index contributed by atoms with van der Waals surface area (Å²) in [5.41, 5.74) is 0. The van der Waals surface area contributed by atoms with Crippen LogP contribution in [0.4, 0.5) is 0 Å². The minimum Gasteiger partial charge on any atom is -0.481 e. The third-order valence-corrected chi connectivity index (χ3v) is 4.23. The van der Waals surface area contributed by atoms with Crippen molar-refractivity contribution in [2.45, 2.75) is 63.8 Å². The molecule has 3 nitrogen and oxygen atoms in total. The van der Waals surface area contributed by atoms with Gasteiger partial charge in [-0.05, 0) is 31.7 Å². The van der Waals surface area contributed by atoms with Crippen LogP contribution >= 0.6 is 0 Å². The molecule has 0 unspecified atom stereocenters. The van der Waals surface area contributed by atoms with Crippen LogP contribution in [-0.4, -0.2) is 35.1 Å². The predicted octanol–water partition coefficient (Wildman–Crippen LogP) is 2.90. The number of aliphatic carboxylic acids is 1. The summed E-state index contributed by atoms with van der Waals surface area (Å²) >= 11 is 0. The highest BCUT2D eigenvalue weighted by atomic mass is 16.4. The van der Waals surface area contributed by atoms with Gasteiger partial charge in [-0.25, -0.2) is 0 Å². The summed E-state index contributed by atoms with van der Waals surface area (Å²) in [7, 11) is 0. The Morgan fingerprint density at radius 1 is 1.06 bits per heavy atom. The van der Waals surface area contributed by atoms with Crippen molar-refractivity contribution >= 4 is 5.97 Å². The molecule has 17 heavy (non-hydrogen) atoms. The Hall–Kier alpha value is -0.570. The molecule has 0 heterocycles. The van der Waals surface area contributed by atoms with Gasteiger partial charge in [0.15, 0.2) is 0 Å². The molecular weight excluding hydrogens is 214 g/mol. The van der Waals surface area contributed by atoms with Crippen LogP contribution in [-0.2, 0) is 4.79 Å². The van der Waals surface area contributed by atoms with Gasteiger partial charge in [-0.15, -0.1) is 0 Å². The molecule has 0 radical (unpaired) electrons. The normalized spacial score (nSPS) is 21.9. The second-order valence-corrected chi connectivity index (χ2v) is 5.70. The predicted molar refractivity (Wildman–Crippen MR) is 68.0 cm³/mol. The quantitative estimate of drug-likeness (QED) is 0.742. The average Bonchev–Trinajstić information content (AvgIpc) is 3.14. The Labute approximate surface area is 104 Å². The minimum atomic E-state index is -0.659. The van der Waals surface area contributed by atoms with Crippen LogP contribution in [0.2, 0.25) is 0 Å². The van der Waals surface area contributed by atoms with E-state index in [1.54, 1.807) is 0 Å². The summed E-state index contributed by atoms with van der Waals surface area (Å²) < 4.78 is 0. The van der Waals surface area contributed by atoms with Crippen LogP contribution in [0, 0.1) is 5.92 Å². The van der Waals surface area contributed by atoms with Gasteiger partial charge in [0.1, 0.15) is 0 Å². The van der Waals surface area contributed by atoms with Crippen LogP contribution in [0.15, 0.2) is 0 Å². The van der Waals surface area contributed by atoms with Crippen molar-refractivity contribution in [2.75, 3.05) is 13.1 Å². The summed E-state index contributed by atoms with van der Waals surface area (Å²) in [6, 6.07) is 0.706. The highest BCUT2D eigenvalue weighted by Gasteiger charge is 2.29. The monoisotopic (exact) mass is 239 g/mol. The first kappa shape index (κ1) is 12.9. The van der Waals surface area contributed by atoms with E-state index in [1.165, 1.54) is 51.4 Å².